The van der Waals surface area contributed by atoms with Crippen molar-refractivity contribution in [3.05, 3.63) is 23.3 Å². The van der Waals surface area contributed by atoms with Crippen molar-refractivity contribution < 1.29 is 39.9 Å². The second-order valence-corrected chi connectivity index (χ2v) is 13.4. The fourth-order valence-electron chi connectivity index (χ4n) is 8.98. The first kappa shape index (κ1) is 27.3. The molecule has 5 aliphatic rings. The van der Waals surface area contributed by atoms with Gasteiger partial charge in [-0.3, -0.25) is 4.79 Å². The molecular formula is C28H39ClO8. The lowest BCUT2D eigenvalue weighted by Crippen LogP contribution is -2.77. The van der Waals surface area contributed by atoms with Gasteiger partial charge in [0.15, 0.2) is 5.78 Å². The number of alkyl halides is 1. The van der Waals surface area contributed by atoms with Crippen LogP contribution in [0.2, 0.25) is 0 Å². The van der Waals surface area contributed by atoms with Crippen LogP contribution in [0.3, 0.4) is 0 Å². The number of allylic oxidation sites excluding steroid dienone is 1. The summed E-state index contributed by atoms with van der Waals surface area (Å²) in [5, 5.41) is 58.1. The molecule has 11 atom stereocenters. The monoisotopic (exact) mass is 538 g/mol. The van der Waals surface area contributed by atoms with Crippen molar-refractivity contribution in [3.63, 3.8) is 0 Å². The van der Waals surface area contributed by atoms with E-state index < -0.39 is 68.6 Å². The molecule has 3 fully saturated rings. The van der Waals surface area contributed by atoms with E-state index in [9.17, 15) is 35.1 Å². The van der Waals surface area contributed by atoms with Crippen molar-refractivity contribution in [2.24, 2.45) is 22.7 Å². The molecule has 206 valence electrons. The summed E-state index contributed by atoms with van der Waals surface area (Å²) in [6.07, 6.45) is 1.42. The summed E-state index contributed by atoms with van der Waals surface area (Å²) in [5.74, 6) is -1.97. The van der Waals surface area contributed by atoms with E-state index in [1.54, 1.807) is 27.7 Å². The summed E-state index contributed by atoms with van der Waals surface area (Å²) in [5.41, 5.74) is -8.52. The fourth-order valence-corrected chi connectivity index (χ4v) is 9.53. The number of hydrogen-bond donors (Lipinski definition) is 5. The minimum atomic E-state index is -1.90. The van der Waals surface area contributed by atoms with Crippen LogP contribution < -0.4 is 0 Å². The topological polar surface area (TPSA) is 145 Å². The van der Waals surface area contributed by atoms with Gasteiger partial charge in [0.25, 0.3) is 0 Å². The van der Waals surface area contributed by atoms with Gasteiger partial charge in [0.2, 0.25) is 0 Å². The average Bonchev–Trinajstić information content (AvgIpc) is 3.06. The lowest BCUT2D eigenvalue weighted by atomic mass is 9.41. The molecule has 0 aromatic heterocycles. The zero-order chi connectivity index (χ0) is 27.6. The quantitative estimate of drug-likeness (QED) is 0.265. The summed E-state index contributed by atoms with van der Waals surface area (Å²) < 4.78 is 5.60. The lowest BCUT2D eigenvalue weighted by Gasteiger charge is -2.67. The van der Waals surface area contributed by atoms with Crippen LogP contribution in [0.25, 0.3) is 0 Å². The summed E-state index contributed by atoms with van der Waals surface area (Å²) >= 11 is 6.75. The highest BCUT2D eigenvalue weighted by atomic mass is 35.5. The number of aliphatic hydroxyl groups excluding tert-OH is 1. The standard InChI is InChI=1S/C28H39ClO8/c1-14-12-21(37-22(32)15(14)2)25(5,33)27(35)11-10-26(34)17-13-18(29)28(36)20(31)7-6-19(30)24(28,4)16(17)8-9-23(26,27)3/h6-7,16-18,20-21,31,33-36H,8-13H2,1-5H3/t16-,17+,18-,20-,21+,23-,24-,25-,26+,27-,28+/m0/s1. The van der Waals surface area contributed by atoms with Gasteiger partial charge in [0.1, 0.15) is 29.0 Å². The van der Waals surface area contributed by atoms with E-state index in [-0.39, 0.29) is 37.9 Å². The Labute approximate surface area is 222 Å². The number of halogens is 1. The van der Waals surface area contributed by atoms with E-state index in [4.69, 9.17) is 16.3 Å². The predicted molar refractivity (Wildman–Crippen MR) is 134 cm³/mol. The highest BCUT2D eigenvalue weighted by Gasteiger charge is 2.79. The summed E-state index contributed by atoms with van der Waals surface area (Å²) in [4.78, 5) is 25.8. The molecule has 5 rings (SSSR count). The Hall–Kier alpha value is -1.29. The third-order valence-corrected chi connectivity index (χ3v) is 12.4. The average molecular weight is 539 g/mol. The molecule has 5 N–H and O–H groups in total. The van der Waals surface area contributed by atoms with Gasteiger partial charge >= 0.3 is 5.97 Å². The van der Waals surface area contributed by atoms with E-state index in [0.29, 0.717) is 12.0 Å². The second kappa shape index (κ2) is 7.89. The molecule has 1 heterocycles. The molecule has 0 bridgehead atoms. The molecule has 0 spiro atoms. The van der Waals surface area contributed by atoms with E-state index in [1.165, 1.54) is 19.1 Å². The maximum absolute atomic E-state index is 13.3. The molecule has 9 heteroatoms. The molecule has 0 aromatic carbocycles. The number of esters is 1. The summed E-state index contributed by atoms with van der Waals surface area (Å²) in [6, 6.07) is 0. The molecule has 1 aliphatic heterocycles. The van der Waals surface area contributed by atoms with Crippen molar-refractivity contribution in [1.29, 1.82) is 0 Å². The van der Waals surface area contributed by atoms with Crippen molar-refractivity contribution >= 4 is 23.4 Å². The molecule has 37 heavy (non-hydrogen) atoms. The van der Waals surface area contributed by atoms with Crippen LogP contribution in [0.5, 0.6) is 0 Å². The number of ketones is 1. The predicted octanol–water partition coefficient (Wildman–Crippen LogP) is 1.93. The van der Waals surface area contributed by atoms with Crippen LogP contribution >= 0.6 is 11.6 Å². The van der Waals surface area contributed by atoms with Gasteiger partial charge in [-0.25, -0.2) is 4.79 Å². The summed E-state index contributed by atoms with van der Waals surface area (Å²) in [6.45, 7) is 8.32. The molecule has 0 amide bonds. The number of carbonyl (C=O) groups excluding carboxylic acids is 2. The minimum absolute atomic E-state index is 0.0520. The first-order chi connectivity index (χ1) is 16.9. The number of hydrogen-bond acceptors (Lipinski definition) is 8. The van der Waals surface area contributed by atoms with Gasteiger partial charge in [-0.05, 0) is 83.8 Å². The van der Waals surface area contributed by atoms with Crippen LogP contribution in [-0.4, -0.2) is 77.3 Å². The molecule has 4 aliphatic carbocycles. The number of carbonyl (C=O) groups is 2. The molecule has 3 saturated carbocycles. The normalized spacial score (nSPS) is 53.2. The molecule has 0 radical (unpaired) electrons. The van der Waals surface area contributed by atoms with Crippen LogP contribution in [0.4, 0.5) is 0 Å². The zero-order valence-corrected chi connectivity index (χ0v) is 22.9. The van der Waals surface area contributed by atoms with Gasteiger partial charge in [-0.1, -0.05) is 12.5 Å². The number of ether oxygens (including phenoxy) is 1. The minimum Gasteiger partial charge on any atom is -0.455 e. The molecule has 0 saturated heterocycles. The van der Waals surface area contributed by atoms with E-state index in [2.05, 4.69) is 0 Å². The van der Waals surface area contributed by atoms with Crippen molar-refractivity contribution in [2.75, 3.05) is 0 Å². The van der Waals surface area contributed by atoms with Gasteiger partial charge in [0, 0.05) is 17.4 Å². The summed E-state index contributed by atoms with van der Waals surface area (Å²) in [7, 11) is 0. The number of fused-ring (bicyclic) bond motifs is 5. The Kier molecular flexibility index (Phi) is 5.82. The van der Waals surface area contributed by atoms with Crippen LogP contribution in [-0.2, 0) is 14.3 Å². The largest absolute Gasteiger partial charge is 0.455 e. The Balaban J connectivity index is 1.56. The highest BCUT2D eigenvalue weighted by Crippen LogP contribution is 2.71. The number of rotatable bonds is 2. The van der Waals surface area contributed by atoms with Gasteiger partial charge in [-0.15, -0.1) is 11.6 Å². The molecule has 8 nitrogen and oxygen atoms in total. The van der Waals surface area contributed by atoms with E-state index in [1.807, 2.05) is 0 Å². The maximum Gasteiger partial charge on any atom is 0.334 e. The van der Waals surface area contributed by atoms with Crippen molar-refractivity contribution in [1.82, 2.24) is 0 Å². The Morgan fingerprint density at radius 3 is 2.35 bits per heavy atom. The van der Waals surface area contributed by atoms with Gasteiger partial charge < -0.3 is 30.3 Å². The fraction of sp³-hybridized carbons (Fsp3) is 0.786. The third kappa shape index (κ3) is 2.92. The SMILES string of the molecule is CC1=C(C)C(=O)O[C@@H]([C@](C)(O)[C@]2(O)CC[C@@]3(O)[C@@H]4C[C@H](Cl)[C@@]5(O)[C@@H](O)C=CC(=O)[C@]5(C)[C@H]4CC[C@]23C)C1. The second-order valence-electron chi connectivity index (χ2n) is 12.9. The third-order valence-electron chi connectivity index (χ3n) is 11.8. The molecule has 0 unspecified atom stereocenters. The Morgan fingerprint density at radius 2 is 1.73 bits per heavy atom. The van der Waals surface area contributed by atoms with E-state index in [0.717, 1.165) is 5.57 Å². The molecular weight excluding hydrogens is 500 g/mol. The smallest absolute Gasteiger partial charge is 0.334 e. The first-order valence-corrected chi connectivity index (χ1v) is 13.7. The first-order valence-electron chi connectivity index (χ1n) is 13.2. The van der Waals surface area contributed by atoms with Crippen LogP contribution in [0, 0.1) is 22.7 Å². The maximum atomic E-state index is 13.3. The van der Waals surface area contributed by atoms with Crippen molar-refractivity contribution in [2.45, 2.75) is 113 Å². The van der Waals surface area contributed by atoms with E-state index >= 15 is 0 Å². The zero-order valence-electron chi connectivity index (χ0n) is 22.1. The highest BCUT2D eigenvalue weighted by molar-refractivity contribution is 6.22. The lowest BCUT2D eigenvalue weighted by molar-refractivity contribution is -0.294. The van der Waals surface area contributed by atoms with Gasteiger partial charge in [0.05, 0.1) is 16.4 Å². The Bertz CT molecular complexity index is 1120. The van der Waals surface area contributed by atoms with Crippen molar-refractivity contribution in [3.8, 4) is 0 Å². The van der Waals surface area contributed by atoms with Crippen LogP contribution in [0.1, 0.15) is 73.1 Å². The van der Waals surface area contributed by atoms with Gasteiger partial charge in [-0.2, -0.15) is 0 Å². The number of cyclic esters (lactones) is 1. The van der Waals surface area contributed by atoms with Crippen LogP contribution in [0.15, 0.2) is 23.3 Å². The Morgan fingerprint density at radius 1 is 1.08 bits per heavy atom. The number of aliphatic hydroxyl groups is 5. The molecule has 0 aromatic rings.